The highest BCUT2D eigenvalue weighted by Crippen LogP contribution is 2.14. The first kappa shape index (κ1) is 7.02. The average Bonchev–Trinajstić information content (AvgIpc) is 2.29. The number of aromatic nitrogens is 3. The maximum absolute atomic E-state index is 13.0. The van der Waals surface area contributed by atoms with E-state index in [0.717, 1.165) is 6.07 Å². The minimum Gasteiger partial charge on any atom is -0.506 e. The van der Waals surface area contributed by atoms with Crippen LogP contribution in [0.4, 0.5) is 4.39 Å². The summed E-state index contributed by atoms with van der Waals surface area (Å²) in [4.78, 5) is 3.82. The lowest BCUT2D eigenvalue weighted by atomic mass is 10.4. The molecular formula is C7H6FN3O. The predicted molar refractivity (Wildman–Crippen MR) is 39.3 cm³/mol. The average molecular weight is 167 g/mol. The number of aromatic hydroxyl groups is 1. The molecular weight excluding hydrogens is 161 g/mol. The van der Waals surface area contributed by atoms with Gasteiger partial charge in [0.05, 0.1) is 6.20 Å². The van der Waals surface area contributed by atoms with Gasteiger partial charge in [-0.3, -0.25) is 0 Å². The third-order valence-electron chi connectivity index (χ3n) is 1.48. The Morgan fingerprint density at radius 2 is 2.33 bits per heavy atom. The van der Waals surface area contributed by atoms with E-state index in [-0.39, 0.29) is 11.4 Å². The molecule has 12 heavy (non-hydrogen) atoms. The Hall–Kier alpha value is -1.65. The minimum absolute atomic E-state index is 0.130. The molecule has 5 heteroatoms. The molecule has 0 atom stereocenters. The van der Waals surface area contributed by atoms with E-state index in [0.29, 0.717) is 5.82 Å². The van der Waals surface area contributed by atoms with Gasteiger partial charge in [0.25, 0.3) is 0 Å². The number of nitrogens with zero attached hydrogens (tertiary/aromatic N) is 3. The number of halogens is 1. The van der Waals surface area contributed by atoms with Gasteiger partial charge in [-0.05, 0) is 6.92 Å². The van der Waals surface area contributed by atoms with E-state index in [2.05, 4.69) is 10.1 Å². The third kappa shape index (κ3) is 0.903. The predicted octanol–water partition coefficient (Wildman–Crippen LogP) is 0.882. The van der Waals surface area contributed by atoms with Gasteiger partial charge >= 0.3 is 0 Å². The van der Waals surface area contributed by atoms with E-state index >= 15 is 0 Å². The van der Waals surface area contributed by atoms with Crippen molar-refractivity contribution in [1.29, 1.82) is 0 Å². The molecule has 2 heterocycles. The Morgan fingerprint density at radius 3 is 3.08 bits per heavy atom. The lowest BCUT2D eigenvalue weighted by molar-refractivity contribution is 0.463. The molecule has 2 aromatic heterocycles. The summed E-state index contributed by atoms with van der Waals surface area (Å²) in [7, 11) is 0. The second-order valence-electron chi connectivity index (χ2n) is 2.47. The fourth-order valence-electron chi connectivity index (χ4n) is 1.04. The molecule has 0 aliphatic rings. The van der Waals surface area contributed by atoms with Crippen LogP contribution in [0, 0.1) is 12.7 Å². The maximum Gasteiger partial charge on any atom is 0.191 e. The van der Waals surface area contributed by atoms with Crippen LogP contribution in [0.15, 0.2) is 12.3 Å². The molecule has 0 unspecified atom stereocenters. The topological polar surface area (TPSA) is 50.4 Å². The minimum atomic E-state index is -0.574. The highest BCUT2D eigenvalue weighted by Gasteiger charge is 2.06. The van der Waals surface area contributed by atoms with Gasteiger partial charge < -0.3 is 5.11 Å². The Morgan fingerprint density at radius 1 is 1.58 bits per heavy atom. The van der Waals surface area contributed by atoms with Crippen LogP contribution < -0.4 is 0 Å². The highest BCUT2D eigenvalue weighted by molar-refractivity contribution is 5.41. The van der Waals surface area contributed by atoms with Gasteiger partial charge in [-0.15, -0.1) is 0 Å². The molecule has 0 bridgehead atoms. The van der Waals surface area contributed by atoms with Crippen LogP contribution in [0.1, 0.15) is 5.82 Å². The second kappa shape index (κ2) is 2.17. The molecule has 0 aromatic carbocycles. The first-order valence-electron chi connectivity index (χ1n) is 3.38. The fraction of sp³-hybridized carbons (Fsp3) is 0.143. The summed E-state index contributed by atoms with van der Waals surface area (Å²) in [6.07, 6.45) is 1.30. The number of hydrogen-bond acceptors (Lipinski definition) is 3. The largest absolute Gasteiger partial charge is 0.506 e. The van der Waals surface area contributed by atoms with Gasteiger partial charge in [-0.2, -0.15) is 5.10 Å². The quantitative estimate of drug-likeness (QED) is 0.633. The van der Waals surface area contributed by atoms with Gasteiger partial charge in [-0.25, -0.2) is 13.9 Å². The van der Waals surface area contributed by atoms with Crippen molar-refractivity contribution in [2.75, 3.05) is 0 Å². The summed E-state index contributed by atoms with van der Waals surface area (Å²) in [5.41, 5.74) is 0.130. The normalized spacial score (nSPS) is 10.8. The van der Waals surface area contributed by atoms with Crippen molar-refractivity contribution in [2.24, 2.45) is 0 Å². The van der Waals surface area contributed by atoms with Crippen LogP contribution in [0.25, 0.3) is 5.65 Å². The maximum atomic E-state index is 13.0. The van der Waals surface area contributed by atoms with Crippen molar-refractivity contribution in [3.8, 4) is 5.75 Å². The number of hydrogen-bond donors (Lipinski definition) is 1. The standard InChI is InChI=1S/C7H6FN3O/c1-4-9-7-6(8)2-5(12)3-11(7)10-4/h2-3,12H,1H3. The monoisotopic (exact) mass is 167 g/mol. The molecule has 4 nitrogen and oxygen atoms in total. The molecule has 0 saturated heterocycles. The van der Waals surface area contributed by atoms with E-state index in [4.69, 9.17) is 5.11 Å². The molecule has 62 valence electrons. The molecule has 0 fully saturated rings. The van der Waals surface area contributed by atoms with Crippen LogP contribution in [-0.4, -0.2) is 19.7 Å². The van der Waals surface area contributed by atoms with Crippen LogP contribution in [0.5, 0.6) is 5.75 Å². The lowest BCUT2D eigenvalue weighted by Crippen LogP contribution is -1.89. The van der Waals surface area contributed by atoms with Crippen molar-refractivity contribution >= 4 is 5.65 Å². The highest BCUT2D eigenvalue weighted by atomic mass is 19.1. The molecule has 0 spiro atoms. The molecule has 2 aromatic rings. The van der Waals surface area contributed by atoms with Gasteiger partial charge in [0.1, 0.15) is 11.6 Å². The molecule has 0 aliphatic heterocycles. The zero-order valence-electron chi connectivity index (χ0n) is 6.32. The lowest BCUT2D eigenvalue weighted by Gasteiger charge is -1.93. The Bertz CT molecular complexity index is 437. The van der Waals surface area contributed by atoms with Crippen molar-refractivity contribution in [3.63, 3.8) is 0 Å². The van der Waals surface area contributed by atoms with E-state index in [1.807, 2.05) is 0 Å². The zero-order chi connectivity index (χ0) is 8.72. The Labute approximate surface area is 67.3 Å². The first-order valence-corrected chi connectivity index (χ1v) is 3.38. The third-order valence-corrected chi connectivity index (χ3v) is 1.48. The number of rotatable bonds is 0. The zero-order valence-corrected chi connectivity index (χ0v) is 6.32. The van der Waals surface area contributed by atoms with Crippen molar-refractivity contribution in [1.82, 2.24) is 14.6 Å². The van der Waals surface area contributed by atoms with E-state index in [1.54, 1.807) is 6.92 Å². The van der Waals surface area contributed by atoms with Crippen molar-refractivity contribution in [2.45, 2.75) is 6.92 Å². The molecule has 2 rings (SSSR count). The molecule has 1 N–H and O–H groups in total. The van der Waals surface area contributed by atoms with Gasteiger partial charge in [0.2, 0.25) is 0 Å². The van der Waals surface area contributed by atoms with Gasteiger partial charge in [0.15, 0.2) is 11.5 Å². The van der Waals surface area contributed by atoms with E-state index in [9.17, 15) is 4.39 Å². The molecule has 0 saturated carbocycles. The number of pyridine rings is 1. The van der Waals surface area contributed by atoms with Crippen LogP contribution >= 0.6 is 0 Å². The van der Waals surface area contributed by atoms with Crippen LogP contribution in [-0.2, 0) is 0 Å². The molecule has 0 aliphatic carbocycles. The van der Waals surface area contributed by atoms with Crippen molar-refractivity contribution in [3.05, 3.63) is 23.9 Å². The van der Waals surface area contributed by atoms with Crippen LogP contribution in [0.2, 0.25) is 0 Å². The summed E-state index contributed by atoms with van der Waals surface area (Å²) in [5, 5.41) is 12.8. The van der Waals surface area contributed by atoms with E-state index < -0.39 is 5.82 Å². The molecule has 0 radical (unpaired) electrons. The first-order chi connectivity index (χ1) is 5.66. The fourth-order valence-corrected chi connectivity index (χ4v) is 1.04. The van der Waals surface area contributed by atoms with Crippen LogP contribution in [0.3, 0.4) is 0 Å². The summed E-state index contributed by atoms with van der Waals surface area (Å²) in [5.74, 6) is -0.264. The SMILES string of the molecule is Cc1nc2c(F)cc(O)cn2n1. The summed E-state index contributed by atoms with van der Waals surface area (Å²) in [6, 6.07) is 1.00. The Kier molecular flexibility index (Phi) is 1.27. The number of aryl methyl sites for hydroxylation is 1. The van der Waals surface area contributed by atoms with Gasteiger partial charge in [0, 0.05) is 6.07 Å². The molecule has 0 amide bonds. The Balaban J connectivity index is 2.88. The second-order valence-corrected chi connectivity index (χ2v) is 2.47. The number of fused-ring (bicyclic) bond motifs is 1. The van der Waals surface area contributed by atoms with E-state index in [1.165, 1.54) is 10.7 Å². The summed E-state index contributed by atoms with van der Waals surface area (Å²) >= 11 is 0. The van der Waals surface area contributed by atoms with Gasteiger partial charge in [-0.1, -0.05) is 0 Å². The smallest absolute Gasteiger partial charge is 0.191 e. The van der Waals surface area contributed by atoms with Crippen molar-refractivity contribution < 1.29 is 9.50 Å². The summed E-state index contributed by atoms with van der Waals surface area (Å²) in [6.45, 7) is 1.66. The summed E-state index contributed by atoms with van der Waals surface area (Å²) < 4.78 is 14.2.